The molecule has 10 nitrogen and oxygen atoms in total. The molecule has 0 atom stereocenters. The molecular formula is C20H27N5O5+2. The van der Waals surface area contributed by atoms with E-state index in [0.717, 1.165) is 44.8 Å². The number of carbonyl (C=O) groups excluding carboxylic acids is 2. The third-order valence-electron chi connectivity index (χ3n) is 5.24. The number of nitro benzene ring substituents is 1. The summed E-state index contributed by atoms with van der Waals surface area (Å²) in [5.74, 6) is -0.711. The van der Waals surface area contributed by atoms with Gasteiger partial charge in [0.05, 0.1) is 30.8 Å². The molecule has 0 radical (unpaired) electrons. The Morgan fingerprint density at radius 1 is 1.00 bits per heavy atom. The standard InChI is InChI=1S/C20H25N5O5/c26-19(20(27)22-14-18-2-1-13-30-18)21-7-8-23-9-11-24(12-10-23)15-16-3-5-17(6-4-16)25(28)29/h1-6,13H,7-12,14-15H2,(H,21,26)(H,22,27)/p+2. The lowest BCUT2D eigenvalue weighted by molar-refractivity contribution is -1.02. The zero-order chi connectivity index (χ0) is 21.3. The van der Waals surface area contributed by atoms with Gasteiger partial charge in [-0.05, 0) is 24.3 Å². The number of non-ortho nitro benzene ring substituents is 1. The Morgan fingerprint density at radius 2 is 1.67 bits per heavy atom. The second kappa shape index (κ2) is 10.5. The van der Waals surface area contributed by atoms with Crippen molar-refractivity contribution in [3.63, 3.8) is 0 Å². The monoisotopic (exact) mass is 417 g/mol. The van der Waals surface area contributed by atoms with Crippen LogP contribution in [0.3, 0.4) is 0 Å². The van der Waals surface area contributed by atoms with Crippen LogP contribution >= 0.6 is 0 Å². The maximum atomic E-state index is 11.9. The molecule has 160 valence electrons. The molecule has 3 rings (SSSR count). The number of quaternary nitrogens is 2. The molecule has 1 aromatic carbocycles. The topological polar surface area (TPSA) is 123 Å². The van der Waals surface area contributed by atoms with Crippen LogP contribution in [-0.4, -0.2) is 56.0 Å². The van der Waals surface area contributed by atoms with Crippen LogP contribution in [0.2, 0.25) is 0 Å². The van der Waals surface area contributed by atoms with Crippen LogP contribution in [0.4, 0.5) is 5.69 Å². The fraction of sp³-hybridized carbons (Fsp3) is 0.400. The summed E-state index contributed by atoms with van der Waals surface area (Å²) in [6.45, 7) is 6.17. The van der Waals surface area contributed by atoms with E-state index in [1.54, 1.807) is 24.3 Å². The summed E-state index contributed by atoms with van der Waals surface area (Å²) in [7, 11) is 0. The first-order valence-corrected chi connectivity index (χ1v) is 10.00. The fourth-order valence-electron chi connectivity index (χ4n) is 3.50. The Balaban J connectivity index is 1.30. The van der Waals surface area contributed by atoms with Gasteiger partial charge in [-0.1, -0.05) is 0 Å². The summed E-state index contributed by atoms with van der Waals surface area (Å²) >= 11 is 0. The Kier molecular flexibility index (Phi) is 7.52. The van der Waals surface area contributed by atoms with Crippen molar-refractivity contribution in [3.05, 3.63) is 64.1 Å². The first kappa shape index (κ1) is 21.5. The van der Waals surface area contributed by atoms with Gasteiger partial charge in [0.15, 0.2) is 0 Å². The number of furan rings is 1. The second-order valence-corrected chi connectivity index (χ2v) is 7.37. The SMILES string of the molecule is O=C(NCC[NH+]1CC[NH+](Cc2ccc([N+](=O)[O-])cc2)CC1)C(=O)NCc1ccco1. The molecule has 0 spiro atoms. The van der Waals surface area contributed by atoms with Crippen molar-refractivity contribution in [1.82, 2.24) is 10.6 Å². The fourth-order valence-corrected chi connectivity index (χ4v) is 3.50. The molecule has 0 saturated carbocycles. The van der Waals surface area contributed by atoms with Crippen molar-refractivity contribution in [1.29, 1.82) is 0 Å². The minimum Gasteiger partial charge on any atom is -0.467 e. The predicted molar refractivity (Wildman–Crippen MR) is 107 cm³/mol. The zero-order valence-electron chi connectivity index (χ0n) is 16.7. The van der Waals surface area contributed by atoms with Gasteiger partial charge in [-0.25, -0.2) is 0 Å². The molecule has 2 heterocycles. The minimum atomic E-state index is -0.668. The maximum Gasteiger partial charge on any atom is 0.309 e. The third kappa shape index (κ3) is 6.39. The van der Waals surface area contributed by atoms with E-state index in [-0.39, 0.29) is 17.2 Å². The first-order chi connectivity index (χ1) is 14.5. The van der Waals surface area contributed by atoms with Crippen molar-refractivity contribution in [2.24, 2.45) is 0 Å². The largest absolute Gasteiger partial charge is 0.467 e. The molecule has 0 bridgehead atoms. The van der Waals surface area contributed by atoms with Crippen LogP contribution in [0, 0.1) is 10.1 Å². The smallest absolute Gasteiger partial charge is 0.309 e. The number of nitrogens with zero attached hydrogens (tertiary/aromatic N) is 1. The number of piperazine rings is 1. The van der Waals surface area contributed by atoms with E-state index in [1.807, 2.05) is 12.1 Å². The van der Waals surface area contributed by atoms with E-state index in [4.69, 9.17) is 4.42 Å². The van der Waals surface area contributed by atoms with E-state index in [2.05, 4.69) is 10.6 Å². The van der Waals surface area contributed by atoms with Crippen LogP contribution in [-0.2, 0) is 22.7 Å². The van der Waals surface area contributed by atoms with Crippen LogP contribution < -0.4 is 20.4 Å². The summed E-state index contributed by atoms with van der Waals surface area (Å²) in [5, 5.41) is 15.9. The summed E-state index contributed by atoms with van der Waals surface area (Å²) in [5.41, 5.74) is 1.20. The lowest BCUT2D eigenvalue weighted by Crippen LogP contribution is -3.27. The van der Waals surface area contributed by atoms with Gasteiger partial charge in [0.2, 0.25) is 0 Å². The number of benzene rings is 1. The molecule has 0 unspecified atom stereocenters. The molecule has 1 fully saturated rings. The summed E-state index contributed by atoms with van der Waals surface area (Å²) in [6, 6.07) is 10.2. The van der Waals surface area contributed by atoms with Gasteiger partial charge in [-0.2, -0.15) is 0 Å². The molecule has 1 aromatic heterocycles. The van der Waals surface area contributed by atoms with E-state index in [9.17, 15) is 19.7 Å². The second-order valence-electron chi connectivity index (χ2n) is 7.37. The average molecular weight is 417 g/mol. The number of nitrogens with one attached hydrogen (secondary N) is 4. The molecular weight excluding hydrogens is 390 g/mol. The minimum absolute atomic E-state index is 0.111. The van der Waals surface area contributed by atoms with Crippen molar-refractivity contribution < 1.29 is 28.7 Å². The normalized spacial score (nSPS) is 18.5. The van der Waals surface area contributed by atoms with Crippen LogP contribution in [0.25, 0.3) is 0 Å². The molecule has 1 saturated heterocycles. The predicted octanol–water partition coefficient (Wildman–Crippen LogP) is -2.10. The maximum absolute atomic E-state index is 11.9. The lowest BCUT2D eigenvalue weighted by Gasteiger charge is -2.29. The highest BCUT2D eigenvalue weighted by Gasteiger charge is 2.23. The van der Waals surface area contributed by atoms with Gasteiger partial charge >= 0.3 is 11.8 Å². The Hall–Kier alpha value is -3.24. The number of carbonyl (C=O) groups is 2. The highest BCUT2D eigenvalue weighted by molar-refractivity contribution is 6.35. The Morgan fingerprint density at radius 3 is 2.30 bits per heavy atom. The Labute approximate surface area is 174 Å². The van der Waals surface area contributed by atoms with Gasteiger partial charge in [0, 0.05) is 17.7 Å². The van der Waals surface area contributed by atoms with Crippen LogP contribution in [0.1, 0.15) is 11.3 Å². The molecule has 10 heteroatoms. The van der Waals surface area contributed by atoms with E-state index in [1.165, 1.54) is 16.1 Å². The molecule has 2 amide bonds. The molecule has 4 N–H and O–H groups in total. The highest BCUT2D eigenvalue weighted by Crippen LogP contribution is 2.11. The summed E-state index contributed by atoms with van der Waals surface area (Å²) in [4.78, 5) is 36.8. The van der Waals surface area contributed by atoms with Gasteiger partial charge in [0.1, 0.15) is 38.5 Å². The highest BCUT2D eigenvalue weighted by atomic mass is 16.6. The van der Waals surface area contributed by atoms with Gasteiger partial charge < -0.3 is 24.9 Å². The van der Waals surface area contributed by atoms with E-state index < -0.39 is 11.8 Å². The van der Waals surface area contributed by atoms with Gasteiger partial charge in [-0.15, -0.1) is 0 Å². The zero-order valence-corrected chi connectivity index (χ0v) is 16.7. The lowest BCUT2D eigenvalue weighted by atomic mass is 10.2. The van der Waals surface area contributed by atoms with Gasteiger partial charge in [-0.3, -0.25) is 19.7 Å². The first-order valence-electron chi connectivity index (χ1n) is 10.00. The van der Waals surface area contributed by atoms with Crippen molar-refractivity contribution >= 4 is 17.5 Å². The summed E-state index contributed by atoms with van der Waals surface area (Å²) < 4.78 is 5.11. The number of nitro groups is 1. The van der Waals surface area contributed by atoms with E-state index >= 15 is 0 Å². The molecule has 2 aromatic rings. The summed E-state index contributed by atoms with van der Waals surface area (Å²) in [6.07, 6.45) is 1.51. The molecule has 1 aliphatic rings. The number of hydrogen-bond donors (Lipinski definition) is 4. The number of amides is 2. The van der Waals surface area contributed by atoms with Crippen LogP contribution in [0.5, 0.6) is 0 Å². The molecule has 1 aliphatic heterocycles. The molecule has 30 heavy (non-hydrogen) atoms. The van der Waals surface area contributed by atoms with Crippen LogP contribution in [0.15, 0.2) is 47.1 Å². The average Bonchev–Trinajstić information content (AvgIpc) is 3.27. The number of hydrogen-bond acceptors (Lipinski definition) is 5. The van der Waals surface area contributed by atoms with E-state index in [0.29, 0.717) is 12.3 Å². The van der Waals surface area contributed by atoms with Crippen molar-refractivity contribution in [2.75, 3.05) is 39.3 Å². The third-order valence-corrected chi connectivity index (χ3v) is 5.24. The van der Waals surface area contributed by atoms with Crippen molar-refractivity contribution in [2.45, 2.75) is 13.1 Å². The van der Waals surface area contributed by atoms with Gasteiger partial charge in [0.25, 0.3) is 5.69 Å². The van der Waals surface area contributed by atoms with Crippen molar-refractivity contribution in [3.8, 4) is 0 Å². The quantitative estimate of drug-likeness (QED) is 0.223. The molecule has 0 aliphatic carbocycles. The Bertz CT molecular complexity index is 845. The number of rotatable bonds is 8.